The molecule has 1 N–H and O–H groups in total. The van der Waals surface area contributed by atoms with Crippen LogP contribution >= 0.6 is 11.3 Å². The van der Waals surface area contributed by atoms with Gasteiger partial charge in [-0.15, -0.1) is 11.3 Å². The zero-order valence-electron chi connectivity index (χ0n) is 15.7. The number of amides is 2. The highest BCUT2D eigenvalue weighted by molar-refractivity contribution is 7.10. The van der Waals surface area contributed by atoms with Gasteiger partial charge in [0.1, 0.15) is 0 Å². The fourth-order valence-electron chi connectivity index (χ4n) is 4.23. The van der Waals surface area contributed by atoms with E-state index in [2.05, 4.69) is 10.4 Å². The van der Waals surface area contributed by atoms with E-state index in [-0.39, 0.29) is 24.7 Å². The lowest BCUT2D eigenvalue weighted by atomic mass is 9.78. The molecule has 6 nitrogen and oxygen atoms in total. The second-order valence-electron chi connectivity index (χ2n) is 7.45. The molecule has 1 aliphatic heterocycles. The number of piperidine rings is 1. The van der Waals surface area contributed by atoms with Gasteiger partial charge in [0, 0.05) is 30.3 Å². The van der Waals surface area contributed by atoms with E-state index in [1.54, 1.807) is 0 Å². The Hall–Kier alpha value is -1.89. The number of thiophene rings is 1. The molecule has 1 aromatic rings. The van der Waals surface area contributed by atoms with Crippen LogP contribution in [-0.4, -0.2) is 35.3 Å². The van der Waals surface area contributed by atoms with Crippen molar-refractivity contribution in [1.29, 1.82) is 0 Å². The Morgan fingerprint density at radius 3 is 2.78 bits per heavy atom. The highest BCUT2D eigenvalue weighted by Crippen LogP contribution is 2.35. The van der Waals surface area contributed by atoms with Crippen LogP contribution in [0.1, 0.15) is 62.7 Å². The van der Waals surface area contributed by atoms with Crippen LogP contribution in [-0.2, 0) is 25.6 Å². The van der Waals surface area contributed by atoms with Crippen molar-refractivity contribution >= 4 is 29.1 Å². The number of fused-ring (bicyclic) bond motifs is 1. The Bertz CT molecular complexity index is 644. The molecule has 1 saturated heterocycles. The smallest absolute Gasteiger partial charge is 0.332 e. The summed E-state index contributed by atoms with van der Waals surface area (Å²) >= 11 is 1.48. The van der Waals surface area contributed by atoms with Crippen LogP contribution < -0.4 is 5.48 Å². The molecule has 2 fully saturated rings. The van der Waals surface area contributed by atoms with Gasteiger partial charge in [-0.05, 0) is 49.5 Å². The molecule has 2 atom stereocenters. The predicted molar refractivity (Wildman–Crippen MR) is 103 cm³/mol. The summed E-state index contributed by atoms with van der Waals surface area (Å²) < 4.78 is 0. The van der Waals surface area contributed by atoms with Crippen molar-refractivity contribution in [3.05, 3.63) is 22.4 Å². The van der Waals surface area contributed by atoms with E-state index >= 15 is 0 Å². The maximum Gasteiger partial charge on any atom is 0.332 e. The second kappa shape index (κ2) is 9.88. The van der Waals surface area contributed by atoms with Crippen molar-refractivity contribution in [2.24, 2.45) is 5.92 Å². The van der Waals surface area contributed by atoms with Crippen LogP contribution in [0, 0.1) is 5.92 Å². The zero-order valence-corrected chi connectivity index (χ0v) is 16.5. The molecule has 148 valence electrons. The maximum atomic E-state index is 12.6. The first-order valence-corrected chi connectivity index (χ1v) is 10.8. The summed E-state index contributed by atoms with van der Waals surface area (Å²) in [6, 6.07) is 4.13. The summed E-state index contributed by atoms with van der Waals surface area (Å²) in [7, 11) is 0. The highest BCUT2D eigenvalue weighted by atomic mass is 32.1. The molecule has 1 saturated carbocycles. The third-order valence-electron chi connectivity index (χ3n) is 5.53. The number of carbonyl (C=O) groups is 3. The SMILES string of the molecule is O=C(Cc1cccs1)NOC(=O)CCCC(=O)N1CCCC2CCCCC21. The van der Waals surface area contributed by atoms with Gasteiger partial charge in [0.25, 0.3) is 5.91 Å². The molecule has 3 rings (SSSR count). The van der Waals surface area contributed by atoms with Gasteiger partial charge in [0.15, 0.2) is 0 Å². The lowest BCUT2D eigenvalue weighted by Gasteiger charge is -2.44. The van der Waals surface area contributed by atoms with E-state index in [9.17, 15) is 14.4 Å². The number of hydrogen-bond donors (Lipinski definition) is 1. The van der Waals surface area contributed by atoms with Crippen LogP contribution in [0.3, 0.4) is 0 Å². The number of nitrogens with one attached hydrogen (secondary N) is 1. The molecule has 0 radical (unpaired) electrons. The van der Waals surface area contributed by atoms with Gasteiger partial charge in [-0.25, -0.2) is 4.79 Å². The molecule has 2 heterocycles. The molecule has 2 unspecified atom stereocenters. The molecule has 1 aromatic heterocycles. The number of hydroxylamine groups is 1. The number of carbonyl (C=O) groups excluding carboxylic acids is 3. The molecule has 0 aromatic carbocycles. The van der Waals surface area contributed by atoms with Gasteiger partial charge < -0.3 is 9.74 Å². The molecule has 0 spiro atoms. The van der Waals surface area contributed by atoms with Crippen LogP contribution in [0.15, 0.2) is 17.5 Å². The van der Waals surface area contributed by atoms with Gasteiger partial charge in [-0.2, -0.15) is 5.48 Å². The van der Waals surface area contributed by atoms with Crippen molar-refractivity contribution in [3.63, 3.8) is 0 Å². The monoisotopic (exact) mass is 392 g/mol. The van der Waals surface area contributed by atoms with Crippen LogP contribution in [0.4, 0.5) is 0 Å². The molecule has 2 aliphatic rings. The lowest BCUT2D eigenvalue weighted by Crippen LogP contribution is -2.49. The normalized spacial score (nSPS) is 22.0. The van der Waals surface area contributed by atoms with E-state index in [0.29, 0.717) is 24.8 Å². The summed E-state index contributed by atoms with van der Waals surface area (Å²) in [4.78, 5) is 43.8. The van der Waals surface area contributed by atoms with Gasteiger partial charge >= 0.3 is 5.97 Å². The Balaban J connectivity index is 1.33. The minimum absolute atomic E-state index is 0.132. The van der Waals surface area contributed by atoms with Crippen LogP contribution in [0.25, 0.3) is 0 Å². The van der Waals surface area contributed by atoms with E-state index in [1.165, 1.54) is 37.0 Å². The van der Waals surface area contributed by atoms with Gasteiger partial charge in [0.2, 0.25) is 5.91 Å². The molecule has 0 bridgehead atoms. The molecular weight excluding hydrogens is 364 g/mol. The van der Waals surface area contributed by atoms with Crippen molar-refractivity contribution in [2.45, 2.75) is 70.3 Å². The molecule has 27 heavy (non-hydrogen) atoms. The Morgan fingerprint density at radius 1 is 1.15 bits per heavy atom. The van der Waals surface area contributed by atoms with E-state index in [0.717, 1.165) is 24.3 Å². The average Bonchev–Trinajstić information content (AvgIpc) is 3.18. The topological polar surface area (TPSA) is 75.7 Å². The number of nitrogens with zero attached hydrogens (tertiary/aromatic N) is 1. The minimum Gasteiger partial charge on any atom is -0.341 e. The number of hydrogen-bond acceptors (Lipinski definition) is 5. The van der Waals surface area contributed by atoms with Crippen LogP contribution in [0.2, 0.25) is 0 Å². The summed E-state index contributed by atoms with van der Waals surface area (Å²) in [6.45, 7) is 0.850. The first kappa shape index (κ1) is 19.9. The number of likely N-dealkylation sites (tertiary alicyclic amines) is 1. The third-order valence-corrected chi connectivity index (χ3v) is 6.41. The van der Waals surface area contributed by atoms with E-state index < -0.39 is 5.97 Å². The lowest BCUT2D eigenvalue weighted by molar-refractivity contribution is -0.158. The maximum absolute atomic E-state index is 12.6. The molecule has 2 amide bonds. The largest absolute Gasteiger partial charge is 0.341 e. The minimum atomic E-state index is -0.503. The molecule has 7 heteroatoms. The molecule has 1 aliphatic carbocycles. The van der Waals surface area contributed by atoms with Crippen molar-refractivity contribution in [2.75, 3.05) is 6.54 Å². The predicted octanol–water partition coefficient (Wildman–Crippen LogP) is 3.22. The van der Waals surface area contributed by atoms with E-state index in [4.69, 9.17) is 4.84 Å². The summed E-state index contributed by atoms with van der Waals surface area (Å²) in [5, 5.41) is 1.89. The van der Waals surface area contributed by atoms with Gasteiger partial charge in [-0.1, -0.05) is 18.9 Å². The quantitative estimate of drug-likeness (QED) is 0.754. The van der Waals surface area contributed by atoms with E-state index in [1.807, 2.05) is 17.5 Å². The Morgan fingerprint density at radius 2 is 1.96 bits per heavy atom. The van der Waals surface area contributed by atoms with Crippen molar-refractivity contribution in [3.8, 4) is 0 Å². The Labute approximate surface area is 164 Å². The van der Waals surface area contributed by atoms with Crippen molar-refractivity contribution < 1.29 is 19.2 Å². The zero-order chi connectivity index (χ0) is 19.1. The average molecular weight is 393 g/mol. The first-order valence-electron chi connectivity index (χ1n) is 9.94. The summed E-state index contributed by atoms with van der Waals surface area (Å²) in [5.74, 6) is -0.0313. The third kappa shape index (κ3) is 5.79. The first-order chi connectivity index (χ1) is 13.1. The van der Waals surface area contributed by atoms with Gasteiger partial charge in [-0.3, -0.25) is 9.59 Å². The number of rotatable bonds is 6. The van der Waals surface area contributed by atoms with Crippen LogP contribution in [0.5, 0.6) is 0 Å². The molecular formula is C20H28N2O4S. The summed E-state index contributed by atoms with van der Waals surface area (Å²) in [6.07, 6.45) is 8.33. The van der Waals surface area contributed by atoms with Crippen molar-refractivity contribution in [1.82, 2.24) is 10.4 Å². The fraction of sp³-hybridized carbons (Fsp3) is 0.650. The van der Waals surface area contributed by atoms with Gasteiger partial charge in [0.05, 0.1) is 6.42 Å². The Kier molecular flexibility index (Phi) is 7.26. The summed E-state index contributed by atoms with van der Waals surface area (Å²) in [5.41, 5.74) is 2.18. The standard InChI is InChI=1S/C20H28N2O4S/c23-18(14-16-8-5-13-27-16)21-26-20(25)11-3-10-19(24)22-12-4-7-15-6-1-2-9-17(15)22/h5,8,13,15,17H,1-4,6-7,9-12,14H2,(H,21,23). The second-order valence-corrected chi connectivity index (χ2v) is 8.48. The fourth-order valence-corrected chi connectivity index (χ4v) is 4.94. The highest BCUT2D eigenvalue weighted by Gasteiger charge is 2.35.